The van der Waals surface area contributed by atoms with E-state index in [0.29, 0.717) is 0 Å². The zero-order valence-electron chi connectivity index (χ0n) is 82.5. The molecule has 0 saturated heterocycles. The SMILES string of the molecule is C[Si]1(C)c2ccccc2B2c3cc4ccccc4cc3Oc3cccc1c32.c1ccc([Si]2(c3ccccc3)c3ccccc3B3c4ccc(-n5c6ccccc6c6ccccc65)cc4Oc4cccc2c43)cc1.c1ccc([Si]2(c3ccccc3)c3ccccc3B3c4ccc5c(oc6ccccc65)c4Oc4cccc2c43)cc1.c1ccc([Si]2(c3ccccc3)c3ccccc3B3c4ccc5ccccc5c4Oc4cccc2c43)cc1. The third kappa shape index (κ3) is 12.9. The van der Waals surface area contributed by atoms with Crippen molar-refractivity contribution < 1.29 is 23.4 Å². The summed E-state index contributed by atoms with van der Waals surface area (Å²) in [7, 11) is -9.62. The average molecular weight is 1980 g/mol. The quantitative estimate of drug-likeness (QED) is 0.149. The maximum atomic E-state index is 6.98. The molecule has 0 N–H and O–H groups in total. The number of hydrogen-bond donors (Lipinski definition) is 0. The molecule has 8 aliphatic rings. The van der Waals surface area contributed by atoms with Crippen LogP contribution in [0.5, 0.6) is 46.0 Å². The highest BCUT2D eigenvalue weighted by Crippen LogP contribution is 2.42. The fourth-order valence-corrected chi connectivity index (χ4v) is 46.8. The van der Waals surface area contributed by atoms with Crippen molar-refractivity contribution in [2.24, 2.45) is 0 Å². The molecule has 150 heavy (non-hydrogen) atoms. The minimum Gasteiger partial charge on any atom is -0.458 e. The Morgan fingerprint density at radius 3 is 1.00 bits per heavy atom. The summed E-state index contributed by atoms with van der Waals surface area (Å²) >= 11 is 0. The molecule has 23 aromatic carbocycles. The normalized spacial score (nSPS) is 14.4. The zero-order chi connectivity index (χ0) is 99.1. The molecule has 0 unspecified atom stereocenters. The number of para-hydroxylation sites is 3. The van der Waals surface area contributed by atoms with Crippen LogP contribution in [-0.2, 0) is 0 Å². The number of ether oxygens (including phenoxy) is 4. The molecule has 0 radical (unpaired) electrons. The van der Waals surface area contributed by atoms with Crippen LogP contribution in [0.4, 0.5) is 0 Å². The van der Waals surface area contributed by atoms with Crippen LogP contribution < -0.4 is 157 Å². The molecule has 0 bridgehead atoms. The topological polar surface area (TPSA) is 55.0 Å². The second kappa shape index (κ2) is 34.6. The molecule has 8 aliphatic heterocycles. The van der Waals surface area contributed by atoms with E-state index in [2.05, 4.69) is 533 Å². The summed E-state index contributed by atoms with van der Waals surface area (Å²) in [6.07, 6.45) is 0. The maximum absolute atomic E-state index is 6.98. The van der Waals surface area contributed by atoms with E-state index in [9.17, 15) is 0 Å². The first-order valence-electron chi connectivity index (χ1n) is 52.3. The molecular weight excluding hydrogens is 1880 g/mol. The molecule has 33 rings (SSSR count). The van der Waals surface area contributed by atoms with Gasteiger partial charge < -0.3 is 27.9 Å². The van der Waals surface area contributed by atoms with Gasteiger partial charge in [0.25, 0.3) is 26.9 Å². The van der Waals surface area contributed by atoms with Crippen LogP contribution in [0, 0.1) is 0 Å². The monoisotopic (exact) mass is 1980 g/mol. The van der Waals surface area contributed by atoms with Crippen LogP contribution in [0.25, 0.3) is 71.0 Å². The standard InChI is InChI=1S/C42H28BNOSi.C36H23BO2Si.C34H23BOSi.C24H19BOSi/c1-3-14-30(15-4-1)46(31-16-5-2-6-17-31)40-24-12-9-20-35(40)43-34-27-26-29(28-39(34)45-38-23-13-25-41(46)42(38)43)44-36-21-10-7-18-32(36)33-19-8-11-22-37(33)44;1-3-12-24(13-4-1)40(25-14-5-2-6-15-25)32-20-10-8-17-28(32)37-29-23-22-27-26-16-7-9-18-30(26)38-35(27)36(29)39-31-19-11-21-33(40)34(31)37;1-3-13-25(14-4-1)37(26-15-5-2-6-16-26)31-20-10-9-18-28(31)35-29-23-22-24-12-7-8-17-27(24)34(29)36-30-19-11-21-32(37)33(30)35;1-27(2)22-12-6-5-10-18(22)25-19-14-16-8-3-4-9-17(16)15-21(19)26-20-11-7-13-23(27)24(20)25/h1-28H;1-23H;1-23H;3-15H,1-2H3. The Bertz CT molecular complexity index is 9670. The summed E-state index contributed by atoms with van der Waals surface area (Å²) in [5.41, 5.74) is 21.1. The van der Waals surface area contributed by atoms with Crippen LogP contribution in [0.3, 0.4) is 0 Å². The molecule has 14 heteroatoms. The van der Waals surface area contributed by atoms with Crippen molar-refractivity contribution in [3.05, 3.63) is 528 Å². The van der Waals surface area contributed by atoms with Gasteiger partial charge in [0.15, 0.2) is 35.6 Å². The Balaban J connectivity index is 0.0000000932. The van der Waals surface area contributed by atoms with Gasteiger partial charge in [-0.1, -0.05) is 512 Å². The van der Waals surface area contributed by atoms with Crippen molar-refractivity contribution in [1.82, 2.24) is 4.57 Å². The fraction of sp³-hybridized carbons (Fsp3) is 0.0147. The van der Waals surface area contributed by atoms with E-state index in [-0.39, 0.29) is 26.9 Å². The lowest BCUT2D eigenvalue weighted by Gasteiger charge is -2.44. The van der Waals surface area contributed by atoms with Gasteiger partial charge in [-0.15, -0.1) is 0 Å². The number of aromatic nitrogens is 1. The Labute approximate surface area is 876 Å². The van der Waals surface area contributed by atoms with Gasteiger partial charge in [0.05, 0.1) is 11.0 Å². The summed E-state index contributed by atoms with van der Waals surface area (Å²) in [6, 6.07) is 194. The molecular formula is C136H93B4NO5Si4. The summed E-state index contributed by atoms with van der Waals surface area (Å²) < 4.78 is 36.0. The van der Waals surface area contributed by atoms with Crippen molar-refractivity contribution in [2.45, 2.75) is 13.1 Å². The molecule has 25 aromatic rings. The first kappa shape index (κ1) is 87.9. The van der Waals surface area contributed by atoms with E-state index >= 15 is 0 Å². The van der Waals surface area contributed by atoms with Crippen LogP contribution in [0.15, 0.2) is 532 Å². The van der Waals surface area contributed by atoms with E-state index in [4.69, 9.17) is 23.4 Å². The second-order valence-electron chi connectivity index (χ2n) is 41.4. The smallest absolute Gasteiger partial charge is 0.250 e. The van der Waals surface area contributed by atoms with Crippen LogP contribution in [0.1, 0.15) is 0 Å². The third-order valence-corrected chi connectivity index (χ3v) is 52.1. The number of benzene rings is 23. The number of hydrogen-bond acceptors (Lipinski definition) is 5. The predicted molar refractivity (Wildman–Crippen MR) is 641 cm³/mol. The molecule has 6 nitrogen and oxygen atoms in total. The second-order valence-corrected chi connectivity index (χ2v) is 56.9. The first-order chi connectivity index (χ1) is 74.2. The average Bonchev–Trinajstić information content (AvgIpc) is 0.941. The largest absolute Gasteiger partial charge is 0.458 e. The minimum absolute atomic E-state index is 0.0665. The van der Waals surface area contributed by atoms with Gasteiger partial charge >= 0.3 is 0 Å². The van der Waals surface area contributed by atoms with Crippen molar-refractivity contribution in [3.8, 4) is 51.7 Å². The Kier molecular flexibility index (Phi) is 20.3. The summed E-state index contributed by atoms with van der Waals surface area (Å²) in [5.74, 6) is 7.69. The van der Waals surface area contributed by atoms with Crippen LogP contribution in [0.2, 0.25) is 13.1 Å². The van der Waals surface area contributed by atoms with Gasteiger partial charge in [0.2, 0.25) is 0 Å². The van der Waals surface area contributed by atoms with Crippen molar-refractivity contribution >= 4 is 263 Å². The molecule has 0 amide bonds. The molecule has 2 aromatic heterocycles. The fourth-order valence-electron chi connectivity index (χ4n) is 27.7. The number of furan rings is 1. The lowest BCUT2D eigenvalue weighted by atomic mass is 9.35. The van der Waals surface area contributed by atoms with Crippen molar-refractivity contribution in [3.63, 3.8) is 0 Å². The van der Waals surface area contributed by atoms with E-state index in [1.807, 2.05) is 12.1 Å². The highest BCUT2D eigenvalue weighted by Gasteiger charge is 2.57. The van der Waals surface area contributed by atoms with Crippen molar-refractivity contribution in [1.29, 1.82) is 0 Å². The summed E-state index contributed by atoms with van der Waals surface area (Å²) in [4.78, 5) is 0. The van der Waals surface area contributed by atoms with Crippen LogP contribution >= 0.6 is 0 Å². The third-order valence-electron chi connectivity index (χ3n) is 33.8. The lowest BCUT2D eigenvalue weighted by molar-refractivity contribution is 0.481. The highest BCUT2D eigenvalue weighted by molar-refractivity contribution is 7.29. The maximum Gasteiger partial charge on any atom is 0.250 e. The Morgan fingerprint density at radius 2 is 0.520 bits per heavy atom. The van der Waals surface area contributed by atoms with Crippen LogP contribution in [-0.4, -0.2) is 63.7 Å². The molecule has 0 saturated carbocycles. The van der Waals surface area contributed by atoms with E-state index in [1.165, 1.54) is 176 Å². The molecule has 0 aliphatic carbocycles. The molecule has 0 spiro atoms. The van der Waals surface area contributed by atoms with Gasteiger partial charge in [0, 0.05) is 38.7 Å². The van der Waals surface area contributed by atoms with Gasteiger partial charge in [-0.2, -0.15) is 0 Å². The zero-order valence-corrected chi connectivity index (χ0v) is 86.5. The molecule has 0 fully saturated rings. The van der Waals surface area contributed by atoms with Gasteiger partial charge in [0.1, 0.15) is 53.9 Å². The van der Waals surface area contributed by atoms with E-state index in [1.54, 1.807) is 5.19 Å². The van der Waals surface area contributed by atoms with Gasteiger partial charge in [-0.05, 0) is 177 Å². The highest BCUT2D eigenvalue weighted by atomic mass is 28.3. The molecule has 700 valence electrons. The van der Waals surface area contributed by atoms with E-state index in [0.717, 1.165) is 73.6 Å². The Morgan fingerprint density at radius 1 is 0.193 bits per heavy atom. The lowest BCUT2D eigenvalue weighted by Crippen LogP contribution is -2.87. The summed E-state index contributed by atoms with van der Waals surface area (Å²) in [5, 5.41) is 29.7. The number of nitrogens with zero attached hydrogens (tertiary/aromatic N) is 1. The first-order valence-corrected chi connectivity index (χ1v) is 61.3. The minimum atomic E-state index is -2.65. The Hall–Kier alpha value is -17.5. The predicted octanol–water partition coefficient (Wildman–Crippen LogP) is 14.7. The summed E-state index contributed by atoms with van der Waals surface area (Å²) in [6.45, 7) is 5.49. The molecule has 0 atom stereocenters. The van der Waals surface area contributed by atoms with E-state index < -0.39 is 32.3 Å². The number of rotatable bonds is 7. The van der Waals surface area contributed by atoms with Gasteiger partial charge in [-0.3, -0.25) is 0 Å². The number of fused-ring (bicyclic) bond motifs is 26. The van der Waals surface area contributed by atoms with Crippen molar-refractivity contribution in [2.75, 3.05) is 0 Å². The van der Waals surface area contributed by atoms with Gasteiger partial charge in [-0.25, -0.2) is 0 Å². The molecule has 10 heterocycles.